The Morgan fingerprint density at radius 3 is 2.81 bits per heavy atom. The molecule has 4 N–H and O–H groups in total. The van der Waals surface area contributed by atoms with Crippen LogP contribution in [0, 0.1) is 6.92 Å². The summed E-state index contributed by atoms with van der Waals surface area (Å²) < 4.78 is 0. The largest absolute Gasteiger partial charge is 0.396 e. The lowest BCUT2D eigenvalue weighted by molar-refractivity contribution is -0.858. The molecule has 0 amide bonds. The first kappa shape index (κ1) is 21.3. The Balaban J connectivity index is 2.13. The number of aromatic nitrogens is 1. The number of aliphatic hydroxyl groups is 1. The lowest BCUT2D eigenvalue weighted by Crippen LogP contribution is -3.05. The molecule has 0 bridgehead atoms. The molecule has 0 saturated carbocycles. The molecule has 0 spiro atoms. The molecule has 2 aromatic rings. The lowest BCUT2D eigenvalue weighted by Gasteiger charge is -2.25. The number of thiocarbonyl (C=S) groups is 1. The van der Waals surface area contributed by atoms with Crippen molar-refractivity contribution in [3.8, 4) is 0 Å². The van der Waals surface area contributed by atoms with Crippen LogP contribution < -0.4 is 15.8 Å². The molecule has 0 aliphatic heterocycles. The maximum atomic E-state index is 12.6. The molecule has 148 valence electrons. The van der Waals surface area contributed by atoms with Crippen LogP contribution in [0.1, 0.15) is 24.0 Å². The first-order valence-corrected chi connectivity index (χ1v) is 9.87. The molecule has 0 unspecified atom stereocenters. The number of aryl methyl sites for hydroxylation is 1. The van der Waals surface area contributed by atoms with Gasteiger partial charge in [-0.05, 0) is 42.6 Å². The number of nitrogens with one attached hydrogen (secondary N) is 3. The minimum atomic E-state index is -0.0928. The third-order valence-electron chi connectivity index (χ3n) is 4.53. The Labute approximate surface area is 166 Å². The minimum Gasteiger partial charge on any atom is -0.396 e. The number of aliphatic hydroxyl groups excluding tert-OH is 1. The molecule has 7 heteroatoms. The van der Waals surface area contributed by atoms with E-state index < -0.39 is 0 Å². The predicted molar refractivity (Wildman–Crippen MR) is 114 cm³/mol. The highest BCUT2D eigenvalue weighted by Gasteiger charge is 2.13. The fourth-order valence-corrected chi connectivity index (χ4v) is 3.27. The molecular weight excluding hydrogens is 360 g/mol. The zero-order valence-electron chi connectivity index (χ0n) is 16.5. The summed E-state index contributed by atoms with van der Waals surface area (Å²) in [7, 11) is 4.25. The maximum absolute atomic E-state index is 12.6. The average Bonchev–Trinajstić information content (AvgIpc) is 2.63. The SMILES string of the molecule is Cc1cccc2cc(CN(CCCO)C(=S)NCCC[NH+](C)C)c(=O)[nH]c12. The summed E-state index contributed by atoms with van der Waals surface area (Å²) >= 11 is 5.54. The first-order chi connectivity index (χ1) is 12.9. The number of pyridine rings is 1. The molecule has 1 aromatic carbocycles. The molecule has 0 atom stereocenters. The Morgan fingerprint density at radius 1 is 1.33 bits per heavy atom. The highest BCUT2D eigenvalue weighted by molar-refractivity contribution is 7.80. The van der Waals surface area contributed by atoms with Crippen molar-refractivity contribution in [2.45, 2.75) is 26.3 Å². The van der Waals surface area contributed by atoms with Crippen LogP contribution in [-0.4, -0.2) is 60.4 Å². The van der Waals surface area contributed by atoms with Crippen LogP contribution >= 0.6 is 12.2 Å². The van der Waals surface area contributed by atoms with Crippen molar-refractivity contribution >= 4 is 28.2 Å². The summed E-state index contributed by atoms with van der Waals surface area (Å²) in [6.07, 6.45) is 1.63. The number of benzene rings is 1. The van der Waals surface area contributed by atoms with Gasteiger partial charge in [-0.1, -0.05) is 18.2 Å². The fourth-order valence-electron chi connectivity index (χ4n) is 3.01. The summed E-state index contributed by atoms with van der Waals surface area (Å²) in [6, 6.07) is 7.91. The third-order valence-corrected chi connectivity index (χ3v) is 4.93. The summed E-state index contributed by atoms with van der Waals surface area (Å²) in [5, 5.41) is 14.1. The van der Waals surface area contributed by atoms with Crippen molar-refractivity contribution in [3.63, 3.8) is 0 Å². The second-order valence-electron chi connectivity index (χ2n) is 7.20. The van der Waals surface area contributed by atoms with Gasteiger partial charge in [-0.3, -0.25) is 4.79 Å². The number of nitrogens with zero attached hydrogens (tertiary/aromatic N) is 1. The molecule has 0 fully saturated rings. The molecule has 6 nitrogen and oxygen atoms in total. The number of quaternary nitrogens is 1. The van der Waals surface area contributed by atoms with Crippen LogP contribution in [-0.2, 0) is 6.54 Å². The highest BCUT2D eigenvalue weighted by Crippen LogP contribution is 2.16. The molecule has 0 radical (unpaired) electrons. The number of fused-ring (bicyclic) bond motifs is 1. The number of hydrogen-bond acceptors (Lipinski definition) is 3. The van der Waals surface area contributed by atoms with Crippen molar-refractivity contribution in [1.82, 2.24) is 15.2 Å². The smallest absolute Gasteiger partial charge is 0.253 e. The Kier molecular flexibility index (Phi) is 8.22. The van der Waals surface area contributed by atoms with E-state index in [1.54, 1.807) is 0 Å². The van der Waals surface area contributed by atoms with E-state index in [0.717, 1.165) is 36.0 Å². The summed E-state index contributed by atoms with van der Waals surface area (Å²) in [5.74, 6) is 0. The van der Waals surface area contributed by atoms with Gasteiger partial charge >= 0.3 is 0 Å². The van der Waals surface area contributed by atoms with Gasteiger partial charge in [0.05, 0.1) is 32.7 Å². The van der Waals surface area contributed by atoms with E-state index in [2.05, 4.69) is 24.4 Å². The molecule has 1 aromatic heterocycles. The predicted octanol–water partition coefficient (Wildman–Crippen LogP) is 0.430. The van der Waals surface area contributed by atoms with Crippen molar-refractivity contribution in [1.29, 1.82) is 0 Å². The second-order valence-corrected chi connectivity index (χ2v) is 7.59. The van der Waals surface area contributed by atoms with Crippen molar-refractivity contribution in [2.24, 2.45) is 0 Å². The van der Waals surface area contributed by atoms with Gasteiger partial charge in [-0.25, -0.2) is 0 Å². The summed E-state index contributed by atoms with van der Waals surface area (Å²) in [5.41, 5.74) is 2.51. The molecule has 0 saturated heterocycles. The van der Waals surface area contributed by atoms with Crippen molar-refractivity contribution in [3.05, 3.63) is 45.7 Å². The van der Waals surface area contributed by atoms with Gasteiger partial charge in [0, 0.05) is 31.7 Å². The quantitative estimate of drug-likeness (QED) is 0.369. The van der Waals surface area contributed by atoms with Gasteiger partial charge in [-0.15, -0.1) is 0 Å². The topological polar surface area (TPSA) is 72.8 Å². The van der Waals surface area contributed by atoms with Crippen LogP contribution in [0.2, 0.25) is 0 Å². The number of para-hydroxylation sites is 1. The second kappa shape index (κ2) is 10.4. The zero-order chi connectivity index (χ0) is 19.8. The van der Waals surface area contributed by atoms with E-state index in [-0.39, 0.29) is 12.2 Å². The maximum Gasteiger partial charge on any atom is 0.253 e. The molecule has 2 rings (SSSR count). The first-order valence-electron chi connectivity index (χ1n) is 9.46. The van der Waals surface area contributed by atoms with E-state index >= 15 is 0 Å². The Morgan fingerprint density at radius 2 is 2.11 bits per heavy atom. The van der Waals surface area contributed by atoms with E-state index in [4.69, 9.17) is 12.2 Å². The number of aromatic amines is 1. The average molecular weight is 392 g/mol. The van der Waals surface area contributed by atoms with E-state index in [1.807, 2.05) is 36.1 Å². The van der Waals surface area contributed by atoms with Gasteiger partial charge in [0.15, 0.2) is 5.11 Å². The molecule has 1 heterocycles. The summed E-state index contributed by atoms with van der Waals surface area (Å²) in [4.78, 5) is 18.9. The van der Waals surface area contributed by atoms with Gasteiger partial charge < -0.3 is 25.2 Å². The van der Waals surface area contributed by atoms with Crippen molar-refractivity contribution in [2.75, 3.05) is 40.3 Å². The van der Waals surface area contributed by atoms with Crippen LogP contribution in [0.3, 0.4) is 0 Å². The highest BCUT2D eigenvalue weighted by atomic mass is 32.1. The van der Waals surface area contributed by atoms with E-state index in [1.165, 1.54) is 4.90 Å². The Hall–Kier alpha value is -1.96. The fraction of sp³-hybridized carbons (Fsp3) is 0.500. The van der Waals surface area contributed by atoms with Gasteiger partial charge in [0.25, 0.3) is 5.56 Å². The number of rotatable bonds is 9. The normalized spacial score (nSPS) is 11.1. The standard InChI is InChI=1S/C20H30N4O2S/c1-15-7-4-8-16-13-17(19(26)22-18(15)16)14-24(11-6-12-25)20(27)21-9-5-10-23(2)3/h4,7-8,13,25H,5-6,9-12,14H2,1-3H3,(H,21,27)(H,22,26)/p+1. The molecule has 0 aliphatic carbocycles. The van der Waals surface area contributed by atoms with Crippen LogP contribution in [0.15, 0.2) is 29.1 Å². The third kappa shape index (κ3) is 6.30. The summed E-state index contributed by atoms with van der Waals surface area (Å²) in [6.45, 7) is 4.97. The van der Waals surface area contributed by atoms with Crippen molar-refractivity contribution < 1.29 is 10.0 Å². The van der Waals surface area contributed by atoms with Crippen LogP contribution in [0.25, 0.3) is 10.9 Å². The lowest BCUT2D eigenvalue weighted by atomic mass is 10.1. The Bertz CT molecular complexity index is 819. The van der Waals surface area contributed by atoms with Gasteiger partial charge in [-0.2, -0.15) is 0 Å². The minimum absolute atomic E-state index is 0.0928. The van der Waals surface area contributed by atoms with Crippen LogP contribution in [0.5, 0.6) is 0 Å². The molecule has 0 aliphatic rings. The van der Waals surface area contributed by atoms with E-state index in [9.17, 15) is 9.90 Å². The number of H-pyrrole nitrogens is 1. The van der Waals surface area contributed by atoms with Crippen LogP contribution in [0.4, 0.5) is 0 Å². The monoisotopic (exact) mass is 391 g/mol. The number of hydrogen-bond donors (Lipinski definition) is 4. The van der Waals surface area contributed by atoms with E-state index in [0.29, 0.717) is 30.2 Å². The van der Waals surface area contributed by atoms with Gasteiger partial charge in [0.2, 0.25) is 0 Å². The molecular formula is C20H31N4O2S+. The zero-order valence-corrected chi connectivity index (χ0v) is 17.3. The van der Waals surface area contributed by atoms with Gasteiger partial charge in [0.1, 0.15) is 0 Å². The molecule has 27 heavy (non-hydrogen) atoms.